The van der Waals surface area contributed by atoms with Crippen molar-refractivity contribution in [3.63, 3.8) is 0 Å². The summed E-state index contributed by atoms with van der Waals surface area (Å²) < 4.78 is 11.3. The zero-order valence-corrected chi connectivity index (χ0v) is 26.8. The molecule has 1 saturated heterocycles. The SMILES string of the molecule is CCN(CC)c1ncc(N(CC)C(=O)N(C)C)c(N[C@@H](Cc2ccc(OC(=O)N3CCCC3)cc2)C(=O)OC(C)(C)C)n1. The Bertz CT molecular complexity index is 1240. The Balaban J connectivity index is 1.95. The average molecular weight is 598 g/mol. The molecule has 3 amide bonds. The molecule has 3 rings (SSSR count). The molecule has 2 aromatic rings. The molecule has 1 atom stereocenters. The van der Waals surface area contributed by atoms with E-state index in [1.807, 2.05) is 58.6 Å². The molecular formula is C31H47N7O5. The van der Waals surface area contributed by atoms with Gasteiger partial charge in [-0.05, 0) is 72.1 Å². The van der Waals surface area contributed by atoms with Crippen molar-refractivity contribution < 1.29 is 23.9 Å². The summed E-state index contributed by atoms with van der Waals surface area (Å²) in [6.07, 6.45) is 3.48. The first-order valence-electron chi connectivity index (χ1n) is 15.0. The number of anilines is 3. The number of esters is 1. The van der Waals surface area contributed by atoms with Crippen LogP contribution in [0.5, 0.6) is 5.75 Å². The van der Waals surface area contributed by atoms with Crippen LogP contribution in [-0.2, 0) is 16.0 Å². The minimum Gasteiger partial charge on any atom is -0.458 e. The number of carbonyl (C=O) groups is 3. The van der Waals surface area contributed by atoms with Crippen LogP contribution in [0, 0.1) is 0 Å². The van der Waals surface area contributed by atoms with E-state index in [0.29, 0.717) is 55.9 Å². The molecule has 1 aromatic carbocycles. The molecule has 0 radical (unpaired) electrons. The Hall–Kier alpha value is -4.09. The van der Waals surface area contributed by atoms with Gasteiger partial charge < -0.3 is 29.5 Å². The number of carbonyl (C=O) groups excluding carboxylic acids is 3. The van der Waals surface area contributed by atoms with E-state index in [1.54, 1.807) is 42.2 Å². The lowest BCUT2D eigenvalue weighted by molar-refractivity contribution is -0.155. The number of urea groups is 1. The van der Waals surface area contributed by atoms with Gasteiger partial charge in [0.05, 0.1) is 6.20 Å². The van der Waals surface area contributed by atoms with Gasteiger partial charge in [0.25, 0.3) is 0 Å². The number of ether oxygens (including phenoxy) is 2. The highest BCUT2D eigenvalue weighted by Gasteiger charge is 2.29. The van der Waals surface area contributed by atoms with Gasteiger partial charge in [-0.1, -0.05) is 12.1 Å². The van der Waals surface area contributed by atoms with Crippen molar-refractivity contribution in [1.82, 2.24) is 19.8 Å². The van der Waals surface area contributed by atoms with Crippen molar-refractivity contribution >= 4 is 35.5 Å². The van der Waals surface area contributed by atoms with E-state index in [2.05, 4.69) is 10.3 Å². The molecule has 1 fully saturated rings. The number of hydrogen-bond acceptors (Lipinski definition) is 9. The Kier molecular flexibility index (Phi) is 11.6. The molecule has 0 unspecified atom stereocenters. The standard InChI is InChI=1S/C31H47N7O5/c1-9-36(10-2)28-32-21-25(38(11-3)29(40)35(7)8)26(34-28)33-24(27(39)43-31(4,5)6)20-22-14-16-23(17-15-22)42-30(41)37-18-12-13-19-37/h14-17,21,24H,9-13,18-20H2,1-8H3,(H,32,33,34)/t24-/m0/s1. The van der Waals surface area contributed by atoms with Crippen molar-refractivity contribution in [1.29, 1.82) is 0 Å². The fraction of sp³-hybridized carbons (Fsp3) is 0.581. The van der Waals surface area contributed by atoms with Crippen molar-refractivity contribution in [2.24, 2.45) is 0 Å². The van der Waals surface area contributed by atoms with Gasteiger partial charge in [-0.2, -0.15) is 4.98 Å². The summed E-state index contributed by atoms with van der Waals surface area (Å²) in [5, 5.41) is 3.30. The van der Waals surface area contributed by atoms with Crippen LogP contribution >= 0.6 is 0 Å². The lowest BCUT2D eigenvalue weighted by atomic mass is 10.0. The second kappa shape index (κ2) is 14.9. The van der Waals surface area contributed by atoms with Crippen molar-refractivity contribution in [3.8, 4) is 5.75 Å². The van der Waals surface area contributed by atoms with Crippen LogP contribution in [0.4, 0.5) is 27.0 Å². The number of nitrogens with zero attached hydrogens (tertiary/aromatic N) is 6. The summed E-state index contributed by atoms with van der Waals surface area (Å²) >= 11 is 0. The van der Waals surface area contributed by atoms with Crippen LogP contribution < -0.4 is 19.9 Å². The molecular weight excluding hydrogens is 550 g/mol. The van der Waals surface area contributed by atoms with Crippen LogP contribution in [-0.4, -0.2) is 96.3 Å². The first kappa shape index (κ1) is 33.4. The van der Waals surface area contributed by atoms with Gasteiger partial charge in [-0.3, -0.25) is 4.90 Å². The van der Waals surface area contributed by atoms with Crippen molar-refractivity contribution in [2.75, 3.05) is 61.9 Å². The maximum absolute atomic E-state index is 13.5. The molecule has 43 heavy (non-hydrogen) atoms. The predicted molar refractivity (Wildman–Crippen MR) is 168 cm³/mol. The van der Waals surface area contributed by atoms with E-state index in [0.717, 1.165) is 18.4 Å². The first-order chi connectivity index (χ1) is 20.4. The van der Waals surface area contributed by atoms with Crippen molar-refractivity contribution in [3.05, 3.63) is 36.0 Å². The van der Waals surface area contributed by atoms with Crippen LogP contribution in [0.1, 0.15) is 59.9 Å². The van der Waals surface area contributed by atoms with Gasteiger partial charge in [0.15, 0.2) is 5.82 Å². The Morgan fingerprint density at radius 2 is 1.63 bits per heavy atom. The molecule has 0 saturated carbocycles. The van der Waals surface area contributed by atoms with Gasteiger partial charge >= 0.3 is 18.1 Å². The number of nitrogens with one attached hydrogen (secondary N) is 1. The molecule has 0 spiro atoms. The smallest absolute Gasteiger partial charge is 0.415 e. The quantitative estimate of drug-likeness (QED) is 0.365. The number of amides is 3. The van der Waals surface area contributed by atoms with Crippen molar-refractivity contribution in [2.45, 2.75) is 72.4 Å². The zero-order valence-electron chi connectivity index (χ0n) is 26.8. The molecule has 1 aliphatic rings. The topological polar surface area (TPSA) is 120 Å². The molecule has 12 nitrogen and oxygen atoms in total. The highest BCUT2D eigenvalue weighted by atomic mass is 16.6. The van der Waals surface area contributed by atoms with Gasteiger partial charge in [0.1, 0.15) is 23.1 Å². The fourth-order valence-electron chi connectivity index (χ4n) is 4.70. The molecule has 2 heterocycles. The van der Waals surface area contributed by atoms with Gasteiger partial charge in [-0.25, -0.2) is 19.4 Å². The third-order valence-corrected chi connectivity index (χ3v) is 6.96. The highest BCUT2D eigenvalue weighted by molar-refractivity contribution is 5.95. The largest absolute Gasteiger partial charge is 0.458 e. The van der Waals surface area contributed by atoms with Crippen LogP contribution in [0.25, 0.3) is 0 Å². The van der Waals surface area contributed by atoms with E-state index >= 15 is 0 Å². The molecule has 236 valence electrons. The average Bonchev–Trinajstić information content (AvgIpc) is 3.50. The minimum absolute atomic E-state index is 0.238. The van der Waals surface area contributed by atoms with E-state index in [1.165, 1.54) is 4.90 Å². The Labute approximate surface area is 255 Å². The number of likely N-dealkylation sites (tertiary alicyclic amines) is 1. The second-order valence-corrected chi connectivity index (χ2v) is 11.6. The molecule has 1 N–H and O–H groups in total. The third-order valence-electron chi connectivity index (χ3n) is 6.96. The van der Waals surface area contributed by atoms with E-state index in [-0.39, 0.29) is 18.5 Å². The summed E-state index contributed by atoms with van der Waals surface area (Å²) in [4.78, 5) is 55.1. The lowest BCUT2D eigenvalue weighted by Gasteiger charge is -2.30. The van der Waals surface area contributed by atoms with Crippen LogP contribution in [0.3, 0.4) is 0 Å². The Morgan fingerprint density at radius 1 is 1.00 bits per heavy atom. The van der Waals surface area contributed by atoms with E-state index in [9.17, 15) is 14.4 Å². The molecule has 0 aliphatic carbocycles. The summed E-state index contributed by atoms with van der Waals surface area (Å²) in [5.74, 6) is 0.802. The predicted octanol–water partition coefficient (Wildman–Crippen LogP) is 4.79. The third kappa shape index (κ3) is 9.20. The summed E-state index contributed by atoms with van der Waals surface area (Å²) in [7, 11) is 3.36. The number of rotatable bonds is 11. The van der Waals surface area contributed by atoms with Crippen LogP contribution in [0.15, 0.2) is 30.5 Å². The summed E-state index contributed by atoms with van der Waals surface area (Å²) in [5.41, 5.74) is 0.553. The van der Waals surface area contributed by atoms with E-state index < -0.39 is 17.6 Å². The maximum atomic E-state index is 13.5. The van der Waals surface area contributed by atoms with Gasteiger partial charge in [-0.15, -0.1) is 0 Å². The monoisotopic (exact) mass is 597 g/mol. The lowest BCUT2D eigenvalue weighted by Crippen LogP contribution is -2.42. The normalized spacial score (nSPS) is 13.7. The molecule has 1 aromatic heterocycles. The maximum Gasteiger partial charge on any atom is 0.415 e. The van der Waals surface area contributed by atoms with E-state index in [4.69, 9.17) is 14.5 Å². The van der Waals surface area contributed by atoms with Gasteiger partial charge in [0.2, 0.25) is 5.95 Å². The summed E-state index contributed by atoms with van der Waals surface area (Å²) in [6.45, 7) is 14.5. The fourth-order valence-corrected chi connectivity index (χ4v) is 4.70. The zero-order chi connectivity index (χ0) is 31.7. The first-order valence-corrected chi connectivity index (χ1v) is 15.0. The van der Waals surface area contributed by atoms with Crippen LogP contribution in [0.2, 0.25) is 0 Å². The number of benzene rings is 1. The highest BCUT2D eigenvalue weighted by Crippen LogP contribution is 2.28. The molecule has 0 bridgehead atoms. The van der Waals surface area contributed by atoms with Gasteiger partial charge in [0, 0.05) is 53.2 Å². The Morgan fingerprint density at radius 3 is 2.16 bits per heavy atom. The molecule has 1 aliphatic heterocycles. The molecule has 12 heteroatoms. The summed E-state index contributed by atoms with van der Waals surface area (Å²) in [6, 6.07) is 6.00. The minimum atomic E-state index is -0.844. The number of aromatic nitrogens is 2. The number of hydrogen-bond donors (Lipinski definition) is 1. The second-order valence-electron chi connectivity index (χ2n) is 11.6.